The molecular weight excluding hydrogens is 332 g/mol. The summed E-state index contributed by atoms with van der Waals surface area (Å²) < 4.78 is 0. The summed E-state index contributed by atoms with van der Waals surface area (Å²) in [5, 5.41) is 14.9. The van der Waals surface area contributed by atoms with Gasteiger partial charge in [0, 0.05) is 17.8 Å². The zero-order valence-corrected chi connectivity index (χ0v) is 15.5. The fourth-order valence-electron chi connectivity index (χ4n) is 3.71. The van der Waals surface area contributed by atoms with E-state index < -0.39 is 11.4 Å². The average Bonchev–Trinajstić information content (AvgIpc) is 2.62. The molecule has 2 amide bonds. The number of rotatable bonds is 7. The molecule has 6 nitrogen and oxygen atoms in total. The van der Waals surface area contributed by atoms with E-state index in [4.69, 9.17) is 0 Å². The second-order valence-electron chi connectivity index (χ2n) is 7.21. The molecule has 1 aliphatic rings. The Bertz CT molecular complexity index is 650. The lowest BCUT2D eigenvalue weighted by molar-refractivity contribution is -0.145. The largest absolute Gasteiger partial charge is 0.481 e. The van der Waals surface area contributed by atoms with E-state index in [1.165, 1.54) is 0 Å². The topological polar surface area (TPSA) is 95.5 Å². The highest BCUT2D eigenvalue weighted by Crippen LogP contribution is 2.42. The number of hydrogen-bond donors (Lipinski definition) is 3. The third-order valence-corrected chi connectivity index (χ3v) is 5.29. The Morgan fingerprint density at radius 2 is 1.73 bits per heavy atom. The maximum absolute atomic E-state index is 12.9. The van der Waals surface area contributed by atoms with E-state index in [1.54, 1.807) is 31.2 Å². The SMILES string of the molecule is CCNC(=O)c1ccc(NC(=O)C(C)(CC(=O)O)C2CCCCC2)cc1. The smallest absolute Gasteiger partial charge is 0.304 e. The molecule has 1 aromatic carbocycles. The minimum atomic E-state index is -0.959. The lowest BCUT2D eigenvalue weighted by Crippen LogP contribution is -2.42. The molecule has 1 atom stereocenters. The van der Waals surface area contributed by atoms with Crippen LogP contribution in [0.4, 0.5) is 5.69 Å². The highest BCUT2D eigenvalue weighted by molar-refractivity contribution is 5.98. The number of carboxylic acid groups (broad SMARTS) is 1. The highest BCUT2D eigenvalue weighted by Gasteiger charge is 2.43. The van der Waals surface area contributed by atoms with Crippen LogP contribution in [0, 0.1) is 11.3 Å². The third-order valence-electron chi connectivity index (χ3n) is 5.29. The van der Waals surface area contributed by atoms with Gasteiger partial charge in [-0.1, -0.05) is 19.3 Å². The van der Waals surface area contributed by atoms with Crippen LogP contribution in [0.15, 0.2) is 24.3 Å². The number of nitrogens with one attached hydrogen (secondary N) is 2. The fourth-order valence-corrected chi connectivity index (χ4v) is 3.71. The number of anilines is 1. The van der Waals surface area contributed by atoms with E-state index in [0.29, 0.717) is 17.8 Å². The van der Waals surface area contributed by atoms with Gasteiger partial charge in [-0.3, -0.25) is 14.4 Å². The van der Waals surface area contributed by atoms with Crippen molar-refractivity contribution in [3.63, 3.8) is 0 Å². The molecule has 6 heteroatoms. The first-order chi connectivity index (χ1) is 12.4. The van der Waals surface area contributed by atoms with E-state index in [1.807, 2.05) is 6.92 Å². The van der Waals surface area contributed by atoms with Gasteiger partial charge >= 0.3 is 5.97 Å². The number of carbonyl (C=O) groups excluding carboxylic acids is 2. The Morgan fingerprint density at radius 3 is 2.27 bits per heavy atom. The van der Waals surface area contributed by atoms with Crippen molar-refractivity contribution >= 4 is 23.5 Å². The number of benzene rings is 1. The van der Waals surface area contributed by atoms with Crippen molar-refractivity contribution in [3.05, 3.63) is 29.8 Å². The molecule has 26 heavy (non-hydrogen) atoms. The van der Waals surface area contributed by atoms with Gasteiger partial charge < -0.3 is 15.7 Å². The van der Waals surface area contributed by atoms with E-state index in [9.17, 15) is 19.5 Å². The van der Waals surface area contributed by atoms with Crippen molar-refractivity contribution in [2.24, 2.45) is 11.3 Å². The number of amides is 2. The Hall–Kier alpha value is -2.37. The summed E-state index contributed by atoms with van der Waals surface area (Å²) in [5.41, 5.74) is 0.144. The summed E-state index contributed by atoms with van der Waals surface area (Å²) in [6.07, 6.45) is 4.80. The molecule has 1 fully saturated rings. The summed E-state index contributed by atoms with van der Waals surface area (Å²) in [6, 6.07) is 6.64. The maximum Gasteiger partial charge on any atom is 0.304 e. The fraction of sp³-hybridized carbons (Fsp3) is 0.550. The zero-order chi connectivity index (χ0) is 19.2. The highest BCUT2D eigenvalue weighted by atomic mass is 16.4. The molecule has 1 unspecified atom stereocenters. The second-order valence-corrected chi connectivity index (χ2v) is 7.21. The molecule has 0 spiro atoms. The molecule has 1 saturated carbocycles. The lowest BCUT2D eigenvalue weighted by Gasteiger charge is -2.37. The monoisotopic (exact) mass is 360 g/mol. The quantitative estimate of drug-likeness (QED) is 0.694. The molecule has 0 bridgehead atoms. The first-order valence-electron chi connectivity index (χ1n) is 9.28. The van der Waals surface area contributed by atoms with Crippen LogP contribution in [0.1, 0.15) is 62.7 Å². The Kier molecular flexibility index (Phi) is 6.77. The van der Waals surface area contributed by atoms with Crippen molar-refractivity contribution in [3.8, 4) is 0 Å². The van der Waals surface area contributed by atoms with Gasteiger partial charge in [0.15, 0.2) is 0 Å². The van der Waals surface area contributed by atoms with E-state index in [-0.39, 0.29) is 24.2 Å². The van der Waals surface area contributed by atoms with Crippen LogP contribution >= 0.6 is 0 Å². The molecule has 0 aliphatic heterocycles. The molecule has 1 aromatic rings. The second kappa shape index (κ2) is 8.83. The number of carboxylic acids is 1. The van der Waals surface area contributed by atoms with Crippen molar-refractivity contribution in [2.75, 3.05) is 11.9 Å². The van der Waals surface area contributed by atoms with Crippen molar-refractivity contribution < 1.29 is 19.5 Å². The van der Waals surface area contributed by atoms with Crippen LogP contribution in [-0.4, -0.2) is 29.4 Å². The van der Waals surface area contributed by atoms with Crippen LogP contribution in [0.3, 0.4) is 0 Å². The van der Waals surface area contributed by atoms with E-state index >= 15 is 0 Å². The van der Waals surface area contributed by atoms with Gasteiger partial charge in [-0.25, -0.2) is 0 Å². The Balaban J connectivity index is 2.13. The van der Waals surface area contributed by atoms with Crippen LogP contribution < -0.4 is 10.6 Å². The van der Waals surface area contributed by atoms with Gasteiger partial charge in [0.2, 0.25) is 5.91 Å². The summed E-state index contributed by atoms with van der Waals surface area (Å²) in [4.78, 5) is 36.1. The zero-order valence-electron chi connectivity index (χ0n) is 15.5. The normalized spacial score (nSPS) is 17.2. The van der Waals surface area contributed by atoms with Gasteiger partial charge in [-0.05, 0) is 56.9 Å². The first-order valence-corrected chi connectivity index (χ1v) is 9.28. The van der Waals surface area contributed by atoms with Crippen molar-refractivity contribution in [2.45, 2.75) is 52.4 Å². The minimum absolute atomic E-state index is 0.0713. The molecule has 2 rings (SSSR count). The summed E-state index contributed by atoms with van der Waals surface area (Å²) in [6.45, 7) is 4.16. The molecule has 0 radical (unpaired) electrons. The standard InChI is InChI=1S/C20H28N2O4/c1-3-21-18(25)14-9-11-16(12-10-14)22-19(26)20(2,13-17(23)24)15-7-5-4-6-8-15/h9-12,15H,3-8,13H2,1-2H3,(H,21,25)(H,22,26)(H,23,24). The number of aliphatic carboxylic acids is 1. The van der Waals surface area contributed by atoms with Gasteiger partial charge in [-0.2, -0.15) is 0 Å². The predicted molar refractivity (Wildman–Crippen MR) is 100 cm³/mol. The van der Waals surface area contributed by atoms with Crippen LogP contribution in [0.2, 0.25) is 0 Å². The van der Waals surface area contributed by atoms with Gasteiger partial charge in [0.05, 0.1) is 11.8 Å². The van der Waals surface area contributed by atoms with E-state index in [2.05, 4.69) is 10.6 Å². The molecular formula is C20H28N2O4. The molecule has 3 N–H and O–H groups in total. The lowest BCUT2D eigenvalue weighted by atomic mass is 9.67. The van der Waals surface area contributed by atoms with Crippen molar-refractivity contribution in [1.82, 2.24) is 5.32 Å². The minimum Gasteiger partial charge on any atom is -0.481 e. The van der Waals surface area contributed by atoms with E-state index in [0.717, 1.165) is 32.1 Å². The molecule has 0 aromatic heterocycles. The summed E-state index contributed by atoms with van der Waals surface area (Å²) in [7, 11) is 0. The molecule has 0 saturated heterocycles. The number of hydrogen-bond acceptors (Lipinski definition) is 3. The predicted octanol–water partition coefficient (Wildman–Crippen LogP) is 3.44. The molecule has 1 aliphatic carbocycles. The van der Waals surface area contributed by atoms with Crippen molar-refractivity contribution in [1.29, 1.82) is 0 Å². The van der Waals surface area contributed by atoms with Gasteiger partial charge in [0.1, 0.15) is 0 Å². The van der Waals surface area contributed by atoms with Gasteiger partial charge in [-0.15, -0.1) is 0 Å². The van der Waals surface area contributed by atoms with Crippen LogP contribution in [0.25, 0.3) is 0 Å². The molecule has 0 heterocycles. The first kappa shape index (κ1) is 19.9. The number of carbonyl (C=O) groups is 3. The molecule has 142 valence electrons. The Morgan fingerprint density at radius 1 is 1.12 bits per heavy atom. The van der Waals surface area contributed by atoms with Crippen LogP contribution in [-0.2, 0) is 9.59 Å². The average molecular weight is 360 g/mol. The maximum atomic E-state index is 12.9. The summed E-state index contributed by atoms with van der Waals surface area (Å²) in [5.74, 6) is -1.32. The summed E-state index contributed by atoms with van der Waals surface area (Å²) >= 11 is 0. The van der Waals surface area contributed by atoms with Crippen LogP contribution in [0.5, 0.6) is 0 Å². The third kappa shape index (κ3) is 4.84. The van der Waals surface area contributed by atoms with Gasteiger partial charge in [0.25, 0.3) is 5.91 Å². The Labute approximate surface area is 154 Å².